The second-order valence-electron chi connectivity index (χ2n) is 10.7. The number of ether oxygens (including phenoxy) is 1. The number of nitrogens with zero attached hydrogens (tertiary/aromatic N) is 5. The monoisotopic (exact) mass is 608 g/mol. The maximum atomic E-state index is 12.5. The van der Waals surface area contributed by atoms with Crippen molar-refractivity contribution >= 4 is 56.4 Å². The van der Waals surface area contributed by atoms with Crippen molar-refractivity contribution in [2.45, 2.75) is 51.1 Å². The molecule has 2 aromatic rings. The summed E-state index contributed by atoms with van der Waals surface area (Å²) in [6, 6.07) is 4.34. The van der Waals surface area contributed by atoms with Gasteiger partial charge in [-0.05, 0) is 45.8 Å². The minimum Gasteiger partial charge on any atom is -0.494 e. The highest BCUT2D eigenvalue weighted by atomic mass is 35.5. The molecule has 41 heavy (non-hydrogen) atoms. The zero-order valence-corrected chi connectivity index (χ0v) is 26.0. The molecule has 14 heteroatoms. The van der Waals surface area contributed by atoms with Gasteiger partial charge in [-0.3, -0.25) is 4.79 Å². The number of hydrogen-bond donors (Lipinski definition) is 3. The molecule has 0 unspecified atom stereocenters. The van der Waals surface area contributed by atoms with E-state index in [4.69, 9.17) is 16.3 Å². The van der Waals surface area contributed by atoms with Crippen molar-refractivity contribution in [3.05, 3.63) is 23.4 Å². The van der Waals surface area contributed by atoms with Crippen LogP contribution in [-0.2, 0) is 14.8 Å². The van der Waals surface area contributed by atoms with Crippen LogP contribution < -0.4 is 25.6 Å². The molecule has 0 bridgehead atoms. The number of piperidine rings is 2. The average Bonchev–Trinajstić information content (AvgIpc) is 2.94. The van der Waals surface area contributed by atoms with Crippen LogP contribution in [-0.4, -0.2) is 99.2 Å². The summed E-state index contributed by atoms with van der Waals surface area (Å²) in [6.07, 6.45) is 6.42. The minimum absolute atomic E-state index is 0.0227. The second kappa shape index (κ2) is 13.4. The molecule has 12 nitrogen and oxygen atoms in total. The zero-order valence-electron chi connectivity index (χ0n) is 24.4. The van der Waals surface area contributed by atoms with E-state index < -0.39 is 10.0 Å². The number of sulfonamides is 1. The number of nitrogens with one attached hydrogen (secondary N) is 3. The Balaban J connectivity index is 1.55. The second-order valence-corrected chi connectivity index (χ2v) is 13.1. The van der Waals surface area contributed by atoms with Gasteiger partial charge >= 0.3 is 0 Å². The highest BCUT2D eigenvalue weighted by molar-refractivity contribution is 7.88. The van der Waals surface area contributed by atoms with Gasteiger partial charge in [0.25, 0.3) is 0 Å². The molecular weight excluding hydrogens is 568 g/mol. The normalized spacial score (nSPS) is 17.5. The van der Waals surface area contributed by atoms with Crippen LogP contribution in [0.25, 0.3) is 0 Å². The quantitative estimate of drug-likeness (QED) is 0.367. The van der Waals surface area contributed by atoms with Crippen molar-refractivity contribution in [3.63, 3.8) is 0 Å². The molecule has 4 rings (SSSR count). The molecule has 0 radical (unpaired) electrons. The molecule has 226 valence electrons. The van der Waals surface area contributed by atoms with Crippen LogP contribution in [0.3, 0.4) is 0 Å². The lowest BCUT2D eigenvalue weighted by Gasteiger charge is -2.37. The largest absolute Gasteiger partial charge is 0.494 e. The Bertz CT molecular complexity index is 1330. The fourth-order valence-corrected chi connectivity index (χ4v) is 6.25. The van der Waals surface area contributed by atoms with E-state index >= 15 is 0 Å². The van der Waals surface area contributed by atoms with Gasteiger partial charge in [0.05, 0.1) is 36.6 Å². The van der Waals surface area contributed by atoms with E-state index in [1.165, 1.54) is 16.8 Å². The first-order valence-corrected chi connectivity index (χ1v) is 16.2. The van der Waals surface area contributed by atoms with Crippen molar-refractivity contribution in [1.29, 1.82) is 0 Å². The smallest absolute Gasteiger partial charge is 0.229 e. The van der Waals surface area contributed by atoms with E-state index in [2.05, 4.69) is 49.8 Å². The van der Waals surface area contributed by atoms with Crippen molar-refractivity contribution in [3.8, 4) is 5.75 Å². The highest BCUT2D eigenvalue weighted by Gasteiger charge is 2.27. The first-order valence-electron chi connectivity index (χ1n) is 13.9. The summed E-state index contributed by atoms with van der Waals surface area (Å²) < 4.78 is 30.9. The van der Waals surface area contributed by atoms with E-state index in [1.54, 1.807) is 7.11 Å². The number of benzene rings is 1. The fraction of sp³-hybridized carbons (Fsp3) is 0.593. The number of methoxy groups -OCH3 is 1. The van der Waals surface area contributed by atoms with E-state index in [9.17, 15) is 13.2 Å². The summed E-state index contributed by atoms with van der Waals surface area (Å²) in [7, 11) is 2.61. The van der Waals surface area contributed by atoms with Crippen LogP contribution in [0.5, 0.6) is 5.75 Å². The minimum atomic E-state index is -3.21. The Labute approximate surface area is 247 Å². The molecular formula is C27H41ClN8O4S. The van der Waals surface area contributed by atoms with Gasteiger partial charge in [-0.1, -0.05) is 18.5 Å². The number of hydrogen-bond acceptors (Lipinski definition) is 10. The van der Waals surface area contributed by atoms with Gasteiger partial charge < -0.3 is 30.5 Å². The van der Waals surface area contributed by atoms with Gasteiger partial charge in [0, 0.05) is 50.7 Å². The molecule has 2 aliphatic heterocycles. The molecule has 2 saturated heterocycles. The Morgan fingerprint density at radius 3 is 2.39 bits per heavy atom. The molecule has 3 N–H and O–H groups in total. The number of halogens is 1. The number of carbonyl (C=O) groups is 1. The molecule has 2 fully saturated rings. The van der Waals surface area contributed by atoms with Gasteiger partial charge in [0.15, 0.2) is 5.82 Å². The third-order valence-corrected chi connectivity index (χ3v) is 9.28. The first kappa shape index (κ1) is 31.1. The maximum absolute atomic E-state index is 12.5. The van der Waals surface area contributed by atoms with Crippen molar-refractivity contribution in [2.75, 3.05) is 74.5 Å². The highest BCUT2D eigenvalue weighted by Crippen LogP contribution is 2.39. The molecule has 1 aromatic carbocycles. The number of amides is 1. The SMILES string of the molecule is CCC(=O)Nc1cc(Nc2ncc(Cl)c(NC3CCN(S(C)(=O)=O)CC3)n2)c(OC)cc1N1CCC(N(C)C)CC1. The summed E-state index contributed by atoms with van der Waals surface area (Å²) in [5, 5.41) is 9.98. The fourth-order valence-electron chi connectivity index (χ4n) is 5.23. The molecule has 3 heterocycles. The molecule has 0 atom stereocenters. The van der Waals surface area contributed by atoms with E-state index in [0.717, 1.165) is 31.6 Å². The third kappa shape index (κ3) is 7.91. The average molecular weight is 609 g/mol. The van der Waals surface area contributed by atoms with E-state index in [1.807, 2.05) is 19.1 Å². The Hall–Kier alpha value is -2.87. The van der Waals surface area contributed by atoms with Crippen LogP contribution in [0.15, 0.2) is 18.3 Å². The van der Waals surface area contributed by atoms with Crippen LogP contribution in [0, 0.1) is 0 Å². The molecule has 1 aromatic heterocycles. The number of rotatable bonds is 10. The molecule has 0 saturated carbocycles. The summed E-state index contributed by atoms with van der Waals surface area (Å²) in [5.41, 5.74) is 2.19. The van der Waals surface area contributed by atoms with E-state index in [-0.39, 0.29) is 11.9 Å². The van der Waals surface area contributed by atoms with Gasteiger partial charge in [-0.15, -0.1) is 0 Å². The Morgan fingerprint density at radius 1 is 1.12 bits per heavy atom. The van der Waals surface area contributed by atoms with E-state index in [0.29, 0.717) is 72.3 Å². The van der Waals surface area contributed by atoms with Gasteiger partial charge in [-0.25, -0.2) is 17.7 Å². The molecule has 1 amide bonds. The van der Waals surface area contributed by atoms with Gasteiger partial charge in [-0.2, -0.15) is 4.98 Å². The Morgan fingerprint density at radius 2 is 1.80 bits per heavy atom. The zero-order chi connectivity index (χ0) is 29.7. The van der Waals surface area contributed by atoms with Crippen LogP contribution in [0.4, 0.5) is 28.8 Å². The van der Waals surface area contributed by atoms with Crippen LogP contribution in [0.1, 0.15) is 39.0 Å². The summed E-state index contributed by atoms with van der Waals surface area (Å²) >= 11 is 6.41. The lowest BCUT2D eigenvalue weighted by molar-refractivity contribution is -0.115. The lowest BCUT2D eigenvalue weighted by Crippen LogP contribution is -2.42. The summed E-state index contributed by atoms with van der Waals surface area (Å²) in [6.45, 7) is 4.43. The molecule has 0 spiro atoms. The maximum Gasteiger partial charge on any atom is 0.229 e. The van der Waals surface area contributed by atoms with Gasteiger partial charge in [0.2, 0.25) is 21.9 Å². The molecule has 2 aliphatic rings. The Kier molecular flexibility index (Phi) is 10.2. The van der Waals surface area contributed by atoms with Gasteiger partial charge in [0.1, 0.15) is 10.8 Å². The summed E-state index contributed by atoms with van der Waals surface area (Å²) in [5.74, 6) is 1.27. The predicted molar refractivity (Wildman–Crippen MR) is 164 cm³/mol. The van der Waals surface area contributed by atoms with Crippen molar-refractivity contribution in [2.24, 2.45) is 0 Å². The van der Waals surface area contributed by atoms with Crippen molar-refractivity contribution in [1.82, 2.24) is 19.2 Å². The standard InChI is InChI=1S/C27H41ClN8O4S/c1-6-25(37)31-21-15-22(24(40-4)16-23(21)35-11-9-19(10-12-35)34(2)3)32-27-29-17-20(28)26(33-27)30-18-7-13-36(14-8-18)41(5,38)39/h15-19H,6-14H2,1-5H3,(H,31,37)(H2,29,30,32,33). The number of carbonyl (C=O) groups excluding carboxylic acids is 1. The first-order chi connectivity index (χ1) is 19.5. The van der Waals surface area contributed by atoms with Crippen molar-refractivity contribution < 1.29 is 17.9 Å². The topological polar surface area (TPSA) is 132 Å². The molecule has 0 aliphatic carbocycles. The van der Waals surface area contributed by atoms with Crippen LogP contribution >= 0.6 is 11.6 Å². The lowest BCUT2D eigenvalue weighted by atomic mass is 10.0. The number of anilines is 5. The summed E-state index contributed by atoms with van der Waals surface area (Å²) in [4.78, 5) is 25.9. The number of aromatic nitrogens is 2. The van der Waals surface area contributed by atoms with Crippen LogP contribution in [0.2, 0.25) is 5.02 Å². The third-order valence-electron chi connectivity index (χ3n) is 7.70. The predicted octanol–water partition coefficient (Wildman–Crippen LogP) is 3.60.